The van der Waals surface area contributed by atoms with E-state index in [0.29, 0.717) is 24.2 Å². The SMILES string of the molecule is O=C(/C=C/c1ccc(OC(=O)C2CCC(C3CCC(CCC(F)(F)F)CC3)CC2)cc1)OCC1CO1. The molecule has 198 valence electrons. The summed E-state index contributed by atoms with van der Waals surface area (Å²) in [5.41, 5.74) is 0.794. The van der Waals surface area contributed by atoms with Crippen LogP contribution in [0.4, 0.5) is 13.2 Å². The van der Waals surface area contributed by atoms with Crippen molar-refractivity contribution in [2.45, 2.75) is 76.5 Å². The first kappa shape index (κ1) is 26.7. The third-order valence-corrected chi connectivity index (χ3v) is 7.82. The Bertz CT molecular complexity index is 891. The molecule has 1 aliphatic heterocycles. The maximum Gasteiger partial charge on any atom is 0.389 e. The van der Waals surface area contributed by atoms with Gasteiger partial charge >= 0.3 is 18.1 Å². The lowest BCUT2D eigenvalue weighted by molar-refractivity contribution is -0.141. The number of carbonyl (C=O) groups is 2. The van der Waals surface area contributed by atoms with Crippen LogP contribution in [-0.2, 0) is 19.1 Å². The highest BCUT2D eigenvalue weighted by atomic mass is 19.4. The van der Waals surface area contributed by atoms with E-state index < -0.39 is 18.6 Å². The van der Waals surface area contributed by atoms with Gasteiger partial charge in [-0.15, -0.1) is 0 Å². The van der Waals surface area contributed by atoms with Crippen molar-refractivity contribution < 1.29 is 37.0 Å². The van der Waals surface area contributed by atoms with Crippen molar-refractivity contribution in [3.63, 3.8) is 0 Å². The highest BCUT2D eigenvalue weighted by Gasteiger charge is 2.35. The van der Waals surface area contributed by atoms with Gasteiger partial charge in [-0.05, 0) is 86.5 Å². The fraction of sp³-hybridized carbons (Fsp3) is 0.643. The van der Waals surface area contributed by atoms with Crippen LogP contribution < -0.4 is 4.74 Å². The van der Waals surface area contributed by atoms with E-state index in [1.54, 1.807) is 30.3 Å². The van der Waals surface area contributed by atoms with Crippen LogP contribution in [0.5, 0.6) is 5.75 Å². The second-order valence-electron chi connectivity index (χ2n) is 10.5. The quantitative estimate of drug-likeness (QED) is 0.165. The number of benzene rings is 1. The predicted octanol–water partition coefficient (Wildman–Crippen LogP) is 6.50. The van der Waals surface area contributed by atoms with Crippen molar-refractivity contribution in [1.29, 1.82) is 0 Å². The van der Waals surface area contributed by atoms with Crippen molar-refractivity contribution in [3.05, 3.63) is 35.9 Å². The van der Waals surface area contributed by atoms with E-state index in [1.807, 2.05) is 0 Å². The maximum atomic E-state index is 12.7. The summed E-state index contributed by atoms with van der Waals surface area (Å²) in [5, 5.41) is 0. The molecule has 0 bridgehead atoms. The van der Waals surface area contributed by atoms with E-state index in [1.165, 1.54) is 6.08 Å². The Morgan fingerprint density at radius 2 is 1.56 bits per heavy atom. The molecule has 8 heteroatoms. The predicted molar refractivity (Wildman–Crippen MR) is 128 cm³/mol. The standard InChI is InChI=1S/C28H35F3O5/c29-28(30,31)16-15-20-1-6-21(7-2-20)22-8-10-23(11-9-22)27(33)36-24-12-3-19(4-13-24)5-14-26(32)35-18-25-17-34-25/h3-5,12-14,20-23,25H,1-2,6-11,15-18H2/b14-5+. The second kappa shape index (κ2) is 12.3. The molecule has 2 saturated carbocycles. The monoisotopic (exact) mass is 508 g/mol. The van der Waals surface area contributed by atoms with Crippen LogP contribution in [0.3, 0.4) is 0 Å². The highest BCUT2D eigenvalue weighted by molar-refractivity contribution is 5.87. The minimum atomic E-state index is -4.05. The van der Waals surface area contributed by atoms with Gasteiger partial charge in [0, 0.05) is 12.5 Å². The molecule has 3 aliphatic rings. The number of hydrogen-bond acceptors (Lipinski definition) is 5. The van der Waals surface area contributed by atoms with Crippen LogP contribution in [-0.4, -0.2) is 37.4 Å². The zero-order valence-corrected chi connectivity index (χ0v) is 20.5. The van der Waals surface area contributed by atoms with Gasteiger partial charge in [-0.3, -0.25) is 4.79 Å². The van der Waals surface area contributed by atoms with Gasteiger partial charge < -0.3 is 14.2 Å². The van der Waals surface area contributed by atoms with Gasteiger partial charge in [-0.2, -0.15) is 13.2 Å². The van der Waals surface area contributed by atoms with E-state index in [2.05, 4.69) is 0 Å². The number of alkyl halides is 3. The van der Waals surface area contributed by atoms with Crippen LogP contribution in [0.15, 0.2) is 30.3 Å². The molecule has 3 fully saturated rings. The summed E-state index contributed by atoms with van der Waals surface area (Å²) in [6, 6.07) is 6.98. The lowest BCUT2D eigenvalue weighted by Gasteiger charge is -2.37. The Morgan fingerprint density at radius 3 is 2.14 bits per heavy atom. The van der Waals surface area contributed by atoms with Gasteiger partial charge in [0.2, 0.25) is 0 Å². The van der Waals surface area contributed by atoms with Crippen LogP contribution in [0.1, 0.15) is 69.8 Å². The Morgan fingerprint density at radius 1 is 0.944 bits per heavy atom. The molecule has 1 unspecified atom stereocenters. The average molecular weight is 509 g/mol. The van der Waals surface area contributed by atoms with Gasteiger partial charge in [0.25, 0.3) is 0 Å². The molecule has 0 aromatic heterocycles. The van der Waals surface area contributed by atoms with E-state index in [-0.39, 0.29) is 36.9 Å². The minimum absolute atomic E-state index is 0.0333. The molecular weight excluding hydrogens is 473 g/mol. The molecule has 5 nitrogen and oxygen atoms in total. The summed E-state index contributed by atoms with van der Waals surface area (Å²) < 4.78 is 53.1. The van der Waals surface area contributed by atoms with Gasteiger partial charge in [-0.25, -0.2) is 4.79 Å². The Labute approximate surface area is 210 Å². The molecule has 2 aliphatic carbocycles. The Hall–Kier alpha value is -2.35. The Balaban J connectivity index is 1.14. The first-order valence-corrected chi connectivity index (χ1v) is 13.1. The number of carbonyl (C=O) groups excluding carboxylic acids is 2. The first-order valence-electron chi connectivity index (χ1n) is 13.1. The topological polar surface area (TPSA) is 65.1 Å². The molecule has 1 saturated heterocycles. The number of epoxide rings is 1. The number of esters is 2. The fourth-order valence-corrected chi connectivity index (χ4v) is 5.54. The smallest absolute Gasteiger partial charge is 0.389 e. The third kappa shape index (κ3) is 8.64. The van der Waals surface area contributed by atoms with Gasteiger partial charge in [0.05, 0.1) is 12.5 Å². The summed E-state index contributed by atoms with van der Waals surface area (Å²) in [4.78, 5) is 24.3. The van der Waals surface area contributed by atoms with E-state index >= 15 is 0 Å². The first-order chi connectivity index (χ1) is 17.2. The molecule has 0 N–H and O–H groups in total. The normalized spacial score (nSPS) is 28.6. The molecule has 0 spiro atoms. The molecular formula is C28H35F3O5. The van der Waals surface area contributed by atoms with Crippen molar-refractivity contribution in [3.8, 4) is 5.75 Å². The lowest BCUT2D eigenvalue weighted by atomic mass is 9.68. The second-order valence-corrected chi connectivity index (χ2v) is 10.5. The summed E-state index contributed by atoms with van der Waals surface area (Å²) in [6.07, 6.45) is 5.93. The minimum Gasteiger partial charge on any atom is -0.460 e. The zero-order chi connectivity index (χ0) is 25.5. The van der Waals surface area contributed by atoms with Crippen LogP contribution >= 0.6 is 0 Å². The third-order valence-electron chi connectivity index (χ3n) is 7.82. The number of ether oxygens (including phenoxy) is 3. The lowest BCUT2D eigenvalue weighted by Crippen LogP contribution is -2.30. The largest absolute Gasteiger partial charge is 0.460 e. The van der Waals surface area contributed by atoms with Crippen LogP contribution in [0.25, 0.3) is 6.08 Å². The molecule has 0 radical (unpaired) electrons. The molecule has 0 amide bonds. The van der Waals surface area contributed by atoms with Crippen LogP contribution in [0, 0.1) is 23.7 Å². The number of hydrogen-bond donors (Lipinski definition) is 0. The molecule has 1 aromatic carbocycles. The molecule has 1 aromatic rings. The van der Waals surface area contributed by atoms with Crippen molar-refractivity contribution in [2.75, 3.05) is 13.2 Å². The fourth-order valence-electron chi connectivity index (χ4n) is 5.54. The molecule has 1 heterocycles. The van der Waals surface area contributed by atoms with E-state index in [0.717, 1.165) is 56.9 Å². The van der Waals surface area contributed by atoms with Gasteiger partial charge in [0.15, 0.2) is 0 Å². The number of halogens is 3. The Kier molecular flexibility index (Phi) is 9.09. The van der Waals surface area contributed by atoms with Crippen molar-refractivity contribution >= 4 is 18.0 Å². The summed E-state index contributed by atoms with van der Waals surface area (Å²) >= 11 is 0. The summed E-state index contributed by atoms with van der Waals surface area (Å²) in [7, 11) is 0. The van der Waals surface area contributed by atoms with E-state index in [4.69, 9.17) is 14.2 Å². The van der Waals surface area contributed by atoms with Gasteiger partial charge in [0.1, 0.15) is 18.5 Å². The van der Waals surface area contributed by atoms with Crippen molar-refractivity contribution in [1.82, 2.24) is 0 Å². The maximum absolute atomic E-state index is 12.7. The number of rotatable bonds is 9. The molecule has 4 rings (SSSR count). The molecule has 1 atom stereocenters. The zero-order valence-electron chi connectivity index (χ0n) is 20.5. The van der Waals surface area contributed by atoms with Crippen LogP contribution in [0.2, 0.25) is 0 Å². The van der Waals surface area contributed by atoms with Gasteiger partial charge in [-0.1, -0.05) is 25.0 Å². The van der Waals surface area contributed by atoms with Crippen molar-refractivity contribution in [2.24, 2.45) is 23.7 Å². The summed E-state index contributed by atoms with van der Waals surface area (Å²) in [5.74, 6) is 1.06. The van der Waals surface area contributed by atoms with E-state index in [9.17, 15) is 22.8 Å². The summed E-state index contributed by atoms with van der Waals surface area (Å²) in [6.45, 7) is 0.906. The average Bonchev–Trinajstić information content (AvgIpc) is 3.70. The molecule has 36 heavy (non-hydrogen) atoms. The highest BCUT2D eigenvalue weighted by Crippen LogP contribution is 2.43.